The molecular weight excluding hydrogens is 262 g/mol. The number of nitrogens with zero attached hydrogens (tertiary/aromatic N) is 1. The molecule has 1 N–H and O–H groups in total. The fourth-order valence-corrected chi connectivity index (χ4v) is 0. The molecule has 3 heteroatoms. The van der Waals surface area contributed by atoms with Crippen molar-refractivity contribution in [3.8, 4) is 6.07 Å². The Hall–Kier alpha value is 0.00831. The molecular formula is C4H9NOW. The van der Waals surface area contributed by atoms with Crippen LogP contribution < -0.4 is 0 Å². The molecule has 7 heavy (non-hydrogen) atoms. The van der Waals surface area contributed by atoms with Crippen LogP contribution >= 0.6 is 0 Å². The summed E-state index contributed by atoms with van der Waals surface area (Å²) in [7, 11) is 1.00. The van der Waals surface area contributed by atoms with Crippen molar-refractivity contribution in [2.24, 2.45) is 0 Å². The van der Waals surface area contributed by atoms with E-state index in [0.717, 1.165) is 7.11 Å². The van der Waals surface area contributed by atoms with Crippen LogP contribution in [0.1, 0.15) is 0 Å². The SMILES string of the molecule is CO.[CH2-]C#N.[CH3-].[W+2]. The normalized spacial score (nSPS) is 1.86. The molecule has 0 aliphatic heterocycles. The average Bonchev–Trinajstić information content (AvgIpc) is 1.46. The standard InChI is InChI=1S/C2H2N.CH4O.CH3.W/c1-2-3;1-2;;/h1H2;2H,1H3;1H3;/q-1;;-1;+2. The zero-order chi connectivity index (χ0) is 4.71. The number of aliphatic hydroxyl groups excluding tert-OH is 1. The maximum absolute atomic E-state index is 7.21. The smallest absolute Gasteiger partial charge is 0.400 e. The van der Waals surface area contributed by atoms with Gasteiger partial charge in [0.1, 0.15) is 0 Å². The van der Waals surface area contributed by atoms with Crippen LogP contribution in [0, 0.1) is 25.7 Å². The summed E-state index contributed by atoms with van der Waals surface area (Å²) in [5, 5.41) is 14.2. The molecule has 0 saturated heterocycles. The monoisotopic (exact) mass is 271 g/mol. The van der Waals surface area contributed by atoms with E-state index >= 15 is 0 Å². The Kier molecular flexibility index (Phi) is 592. The largest absolute Gasteiger partial charge is 2.00 e. The summed E-state index contributed by atoms with van der Waals surface area (Å²) in [6.45, 7) is 2.79. The summed E-state index contributed by atoms with van der Waals surface area (Å²) in [4.78, 5) is 0. The van der Waals surface area contributed by atoms with Crippen LogP contribution in [-0.4, -0.2) is 12.2 Å². The van der Waals surface area contributed by atoms with Gasteiger partial charge in [0.2, 0.25) is 0 Å². The Labute approximate surface area is 59.4 Å². The van der Waals surface area contributed by atoms with Gasteiger partial charge in [0.05, 0.1) is 0 Å². The molecule has 0 amide bonds. The van der Waals surface area contributed by atoms with Gasteiger partial charge in [0.25, 0.3) is 0 Å². The molecule has 0 bridgehead atoms. The molecule has 0 aromatic carbocycles. The van der Waals surface area contributed by atoms with Crippen LogP contribution in [0.3, 0.4) is 0 Å². The van der Waals surface area contributed by atoms with Crippen LogP contribution in [0.15, 0.2) is 0 Å². The van der Waals surface area contributed by atoms with Crippen molar-refractivity contribution in [1.29, 1.82) is 5.26 Å². The summed E-state index contributed by atoms with van der Waals surface area (Å²) in [5.41, 5.74) is 0. The van der Waals surface area contributed by atoms with E-state index in [0.29, 0.717) is 0 Å². The van der Waals surface area contributed by atoms with E-state index in [1.807, 2.05) is 0 Å². The van der Waals surface area contributed by atoms with Gasteiger partial charge in [-0.15, -0.1) is 6.07 Å². The second-order valence-electron chi connectivity index (χ2n) is 0.158. The van der Waals surface area contributed by atoms with E-state index in [1.54, 1.807) is 0 Å². The third-order valence-electron chi connectivity index (χ3n) is 0. The fourth-order valence-electron chi connectivity index (χ4n) is 0. The molecule has 0 rings (SSSR count). The Morgan fingerprint density at radius 2 is 1.57 bits per heavy atom. The van der Waals surface area contributed by atoms with E-state index in [9.17, 15) is 0 Å². The maximum atomic E-state index is 7.21. The number of hydrogen-bond donors (Lipinski definition) is 1. The minimum absolute atomic E-state index is 0. The molecule has 42 valence electrons. The van der Waals surface area contributed by atoms with E-state index in [1.165, 1.54) is 6.07 Å². The van der Waals surface area contributed by atoms with Crippen molar-refractivity contribution in [2.75, 3.05) is 7.11 Å². The maximum Gasteiger partial charge on any atom is 2.00 e. The Morgan fingerprint density at radius 1 is 1.57 bits per heavy atom. The van der Waals surface area contributed by atoms with E-state index < -0.39 is 0 Å². The topological polar surface area (TPSA) is 44.0 Å². The van der Waals surface area contributed by atoms with Crippen LogP contribution in [0.4, 0.5) is 0 Å². The van der Waals surface area contributed by atoms with Crippen molar-refractivity contribution < 1.29 is 26.2 Å². The quantitative estimate of drug-likeness (QED) is 0.648. The second kappa shape index (κ2) is 148. The Balaban J connectivity index is -0.0000000105. The van der Waals surface area contributed by atoms with Crippen molar-refractivity contribution >= 4 is 0 Å². The van der Waals surface area contributed by atoms with Gasteiger partial charge in [0, 0.05) is 7.11 Å². The van der Waals surface area contributed by atoms with Gasteiger partial charge in [-0.05, 0) is 0 Å². The van der Waals surface area contributed by atoms with Gasteiger partial charge in [-0.25, -0.2) is 5.26 Å². The van der Waals surface area contributed by atoms with E-state index in [-0.39, 0.29) is 28.5 Å². The van der Waals surface area contributed by atoms with E-state index in [4.69, 9.17) is 10.4 Å². The van der Waals surface area contributed by atoms with Crippen molar-refractivity contribution in [3.05, 3.63) is 14.4 Å². The number of aliphatic hydroxyl groups is 1. The van der Waals surface area contributed by atoms with Crippen molar-refractivity contribution in [1.82, 2.24) is 0 Å². The van der Waals surface area contributed by atoms with Gasteiger partial charge >= 0.3 is 21.1 Å². The van der Waals surface area contributed by atoms with Crippen molar-refractivity contribution in [2.45, 2.75) is 0 Å². The summed E-state index contributed by atoms with van der Waals surface area (Å²) in [6.07, 6.45) is 0. The number of rotatable bonds is 0. The van der Waals surface area contributed by atoms with Crippen LogP contribution in [0.5, 0.6) is 0 Å². The predicted octanol–water partition coefficient (Wildman–Crippen LogP) is 0.400. The first kappa shape index (κ1) is 28.0. The third-order valence-corrected chi connectivity index (χ3v) is 0. The summed E-state index contributed by atoms with van der Waals surface area (Å²) >= 11 is 0. The molecule has 0 spiro atoms. The Morgan fingerprint density at radius 3 is 1.57 bits per heavy atom. The predicted molar refractivity (Wildman–Crippen MR) is 25.5 cm³/mol. The fraction of sp³-hybridized carbons (Fsp3) is 0.250. The first-order valence-corrected chi connectivity index (χ1v) is 1.02. The Bertz CT molecular complexity index is 33.2. The van der Waals surface area contributed by atoms with Crippen LogP contribution in [-0.2, 0) is 21.1 Å². The second-order valence-corrected chi connectivity index (χ2v) is 0.158. The molecule has 0 fully saturated rings. The molecule has 0 atom stereocenters. The first-order chi connectivity index (χ1) is 2.41. The molecule has 0 aromatic rings. The van der Waals surface area contributed by atoms with Gasteiger partial charge in [-0.2, -0.15) is 0 Å². The van der Waals surface area contributed by atoms with Crippen LogP contribution in [0.25, 0.3) is 0 Å². The average molecular weight is 271 g/mol. The molecule has 0 radical (unpaired) electrons. The molecule has 2 nitrogen and oxygen atoms in total. The molecule has 0 aromatic heterocycles. The van der Waals surface area contributed by atoms with Gasteiger partial charge in [-0.1, -0.05) is 0 Å². The number of nitriles is 1. The molecule has 0 unspecified atom stereocenters. The van der Waals surface area contributed by atoms with Gasteiger partial charge < -0.3 is 19.5 Å². The third kappa shape index (κ3) is 1400000. The minimum atomic E-state index is 0. The van der Waals surface area contributed by atoms with Crippen LogP contribution in [0.2, 0.25) is 0 Å². The zero-order valence-corrected chi connectivity index (χ0v) is 7.44. The summed E-state index contributed by atoms with van der Waals surface area (Å²) in [6, 6.07) is 1.50. The first-order valence-electron chi connectivity index (χ1n) is 1.02. The summed E-state index contributed by atoms with van der Waals surface area (Å²) < 4.78 is 0. The molecule has 0 heterocycles. The van der Waals surface area contributed by atoms with E-state index in [2.05, 4.69) is 6.92 Å². The van der Waals surface area contributed by atoms with Gasteiger partial charge in [0.15, 0.2) is 0 Å². The molecule has 0 aliphatic carbocycles. The summed E-state index contributed by atoms with van der Waals surface area (Å²) in [5.74, 6) is 0. The minimum Gasteiger partial charge on any atom is -0.400 e. The number of hydrogen-bond acceptors (Lipinski definition) is 2. The van der Waals surface area contributed by atoms with Crippen molar-refractivity contribution in [3.63, 3.8) is 0 Å². The van der Waals surface area contributed by atoms with Gasteiger partial charge in [-0.3, -0.25) is 0 Å². The zero-order valence-electron chi connectivity index (χ0n) is 4.51. The molecule has 0 saturated carbocycles. The molecule has 0 aliphatic rings.